The molecule has 2 atom stereocenters. The standard InChI is InChI=1S/C16H22FN3O/c1-21-9-8-20-7-3-2-4-15(19)16(20)12-5-6-14(17)13(10-12)11-18/h5-6,10,15-16H,2-4,7-9,19H2,1H3. The van der Waals surface area contributed by atoms with Gasteiger partial charge in [-0.25, -0.2) is 4.39 Å². The number of halogens is 1. The van der Waals surface area contributed by atoms with Gasteiger partial charge in [-0.2, -0.15) is 5.26 Å². The van der Waals surface area contributed by atoms with Crippen LogP contribution in [0.15, 0.2) is 18.2 Å². The Kier molecular flexibility index (Phi) is 5.68. The lowest BCUT2D eigenvalue weighted by molar-refractivity contribution is 0.115. The summed E-state index contributed by atoms with van der Waals surface area (Å²) in [7, 11) is 1.68. The normalized spacial score (nSPS) is 23.5. The largest absolute Gasteiger partial charge is 0.383 e. The van der Waals surface area contributed by atoms with Gasteiger partial charge >= 0.3 is 0 Å². The quantitative estimate of drug-likeness (QED) is 0.923. The molecule has 1 aromatic rings. The van der Waals surface area contributed by atoms with Gasteiger partial charge < -0.3 is 10.5 Å². The second-order valence-corrected chi connectivity index (χ2v) is 5.48. The van der Waals surface area contributed by atoms with Crippen LogP contribution in [0.3, 0.4) is 0 Å². The van der Waals surface area contributed by atoms with E-state index in [-0.39, 0.29) is 17.6 Å². The Morgan fingerprint density at radius 3 is 3.00 bits per heavy atom. The topological polar surface area (TPSA) is 62.3 Å². The van der Waals surface area contributed by atoms with Crippen LogP contribution in [0, 0.1) is 17.1 Å². The zero-order valence-corrected chi connectivity index (χ0v) is 12.4. The van der Waals surface area contributed by atoms with Gasteiger partial charge in [0, 0.05) is 19.7 Å². The van der Waals surface area contributed by atoms with Gasteiger partial charge in [-0.1, -0.05) is 12.5 Å². The number of methoxy groups -OCH3 is 1. The van der Waals surface area contributed by atoms with Crippen LogP contribution in [-0.4, -0.2) is 37.7 Å². The third kappa shape index (κ3) is 3.79. The summed E-state index contributed by atoms with van der Waals surface area (Å²) in [6.07, 6.45) is 3.13. The Morgan fingerprint density at radius 1 is 1.48 bits per heavy atom. The third-order valence-corrected chi connectivity index (χ3v) is 4.07. The van der Waals surface area contributed by atoms with Gasteiger partial charge in [-0.3, -0.25) is 4.90 Å². The maximum Gasteiger partial charge on any atom is 0.140 e. The van der Waals surface area contributed by atoms with Crippen LogP contribution in [0.1, 0.15) is 36.4 Å². The van der Waals surface area contributed by atoms with Crippen molar-refractivity contribution in [2.45, 2.75) is 31.3 Å². The molecule has 2 unspecified atom stereocenters. The van der Waals surface area contributed by atoms with Crippen molar-refractivity contribution in [2.75, 3.05) is 26.8 Å². The van der Waals surface area contributed by atoms with Crippen LogP contribution in [-0.2, 0) is 4.74 Å². The molecule has 21 heavy (non-hydrogen) atoms. The van der Waals surface area contributed by atoms with Crippen LogP contribution < -0.4 is 5.73 Å². The highest BCUT2D eigenvalue weighted by Crippen LogP contribution is 2.30. The summed E-state index contributed by atoms with van der Waals surface area (Å²) in [5, 5.41) is 9.02. The molecule has 0 aromatic heterocycles. The van der Waals surface area contributed by atoms with Gasteiger partial charge in [0.15, 0.2) is 0 Å². The highest BCUT2D eigenvalue weighted by Gasteiger charge is 2.29. The van der Waals surface area contributed by atoms with E-state index in [1.807, 2.05) is 6.07 Å². The van der Waals surface area contributed by atoms with Gasteiger partial charge in [0.2, 0.25) is 0 Å². The van der Waals surface area contributed by atoms with E-state index >= 15 is 0 Å². The predicted octanol–water partition coefficient (Wildman–Crippen LogP) is 2.20. The Morgan fingerprint density at radius 2 is 2.29 bits per heavy atom. The summed E-state index contributed by atoms with van der Waals surface area (Å²) in [6.45, 7) is 2.37. The summed E-state index contributed by atoms with van der Waals surface area (Å²) < 4.78 is 18.7. The number of likely N-dealkylation sites (tertiary alicyclic amines) is 1. The van der Waals surface area contributed by atoms with Crippen molar-refractivity contribution in [3.05, 3.63) is 35.1 Å². The Balaban J connectivity index is 2.32. The second-order valence-electron chi connectivity index (χ2n) is 5.48. The van der Waals surface area contributed by atoms with Crippen molar-refractivity contribution >= 4 is 0 Å². The minimum atomic E-state index is -0.480. The molecule has 0 spiro atoms. The number of rotatable bonds is 4. The fourth-order valence-electron chi connectivity index (χ4n) is 2.99. The van der Waals surface area contributed by atoms with E-state index in [4.69, 9.17) is 15.7 Å². The zero-order valence-electron chi connectivity index (χ0n) is 12.4. The highest BCUT2D eigenvalue weighted by molar-refractivity contribution is 5.36. The van der Waals surface area contributed by atoms with Crippen molar-refractivity contribution < 1.29 is 9.13 Å². The van der Waals surface area contributed by atoms with E-state index in [9.17, 15) is 4.39 Å². The third-order valence-electron chi connectivity index (χ3n) is 4.07. The first-order valence-electron chi connectivity index (χ1n) is 7.35. The molecule has 114 valence electrons. The lowest BCUT2D eigenvalue weighted by Crippen LogP contribution is -2.41. The molecule has 0 saturated carbocycles. The molecule has 0 radical (unpaired) electrons. The van der Waals surface area contributed by atoms with Gasteiger partial charge in [-0.05, 0) is 37.1 Å². The molecular formula is C16H22FN3O. The van der Waals surface area contributed by atoms with Gasteiger partial charge in [0.05, 0.1) is 18.2 Å². The molecule has 0 amide bonds. The van der Waals surface area contributed by atoms with Crippen LogP contribution in [0.2, 0.25) is 0 Å². The Labute approximate surface area is 125 Å². The van der Waals surface area contributed by atoms with E-state index in [0.29, 0.717) is 6.61 Å². The van der Waals surface area contributed by atoms with Crippen molar-refractivity contribution in [3.63, 3.8) is 0 Å². The molecular weight excluding hydrogens is 269 g/mol. The number of nitrogens with zero attached hydrogens (tertiary/aromatic N) is 2. The summed E-state index contributed by atoms with van der Waals surface area (Å²) in [6, 6.07) is 6.63. The molecule has 0 bridgehead atoms. The first-order chi connectivity index (χ1) is 10.2. The maximum absolute atomic E-state index is 13.5. The minimum Gasteiger partial charge on any atom is -0.383 e. The van der Waals surface area contributed by atoms with Crippen molar-refractivity contribution in [1.82, 2.24) is 4.90 Å². The summed E-state index contributed by atoms with van der Waals surface area (Å²) in [5.74, 6) is -0.480. The average Bonchev–Trinajstić information content (AvgIpc) is 2.67. The average molecular weight is 291 g/mol. The highest BCUT2D eigenvalue weighted by atomic mass is 19.1. The lowest BCUT2D eigenvalue weighted by Gasteiger charge is -2.33. The molecule has 5 heteroatoms. The van der Waals surface area contributed by atoms with E-state index in [1.165, 1.54) is 6.07 Å². The summed E-state index contributed by atoms with van der Waals surface area (Å²) in [4.78, 5) is 2.29. The fraction of sp³-hybridized carbons (Fsp3) is 0.562. The van der Waals surface area contributed by atoms with Gasteiger partial charge in [-0.15, -0.1) is 0 Å². The smallest absolute Gasteiger partial charge is 0.140 e. The van der Waals surface area contributed by atoms with Crippen LogP contribution >= 0.6 is 0 Å². The van der Waals surface area contributed by atoms with Crippen molar-refractivity contribution in [2.24, 2.45) is 5.73 Å². The molecule has 1 aliphatic heterocycles. The van der Waals surface area contributed by atoms with Crippen LogP contribution in [0.4, 0.5) is 4.39 Å². The number of hydrogen-bond acceptors (Lipinski definition) is 4. The van der Waals surface area contributed by atoms with Gasteiger partial charge in [0.25, 0.3) is 0 Å². The molecule has 1 fully saturated rings. The fourth-order valence-corrected chi connectivity index (χ4v) is 2.99. The minimum absolute atomic E-state index is 0.00958. The SMILES string of the molecule is COCCN1CCCCC(N)C1c1ccc(F)c(C#N)c1. The van der Waals surface area contributed by atoms with E-state index in [0.717, 1.165) is 37.9 Å². The van der Waals surface area contributed by atoms with E-state index < -0.39 is 5.82 Å². The molecule has 1 heterocycles. The summed E-state index contributed by atoms with van der Waals surface area (Å²) in [5.41, 5.74) is 7.34. The number of nitriles is 1. The van der Waals surface area contributed by atoms with Crippen LogP contribution in [0.5, 0.6) is 0 Å². The maximum atomic E-state index is 13.5. The zero-order chi connectivity index (χ0) is 15.2. The van der Waals surface area contributed by atoms with Gasteiger partial charge in [0.1, 0.15) is 11.9 Å². The first-order valence-corrected chi connectivity index (χ1v) is 7.35. The van der Waals surface area contributed by atoms with Crippen molar-refractivity contribution in [1.29, 1.82) is 5.26 Å². The number of hydrogen-bond donors (Lipinski definition) is 1. The molecule has 2 N–H and O–H groups in total. The van der Waals surface area contributed by atoms with Crippen molar-refractivity contribution in [3.8, 4) is 6.07 Å². The van der Waals surface area contributed by atoms with E-state index in [1.54, 1.807) is 19.2 Å². The van der Waals surface area contributed by atoms with Crippen LogP contribution in [0.25, 0.3) is 0 Å². The molecule has 1 saturated heterocycles. The molecule has 1 aliphatic rings. The molecule has 0 aliphatic carbocycles. The lowest BCUT2D eigenvalue weighted by atomic mass is 9.95. The molecule has 2 rings (SSSR count). The monoisotopic (exact) mass is 291 g/mol. The number of ether oxygens (including phenoxy) is 1. The second kappa shape index (κ2) is 7.51. The number of nitrogens with two attached hydrogens (primary N) is 1. The summed E-state index contributed by atoms with van der Waals surface area (Å²) >= 11 is 0. The Hall–Kier alpha value is -1.48. The Bertz CT molecular complexity index is 515. The van der Waals surface area contributed by atoms with E-state index in [2.05, 4.69) is 4.90 Å². The molecule has 4 nitrogen and oxygen atoms in total. The number of benzene rings is 1. The predicted molar refractivity (Wildman–Crippen MR) is 79.1 cm³/mol. The first kappa shape index (κ1) is 15.9. The molecule has 1 aromatic carbocycles.